The number of aromatic amines is 1. The molecule has 0 aliphatic carbocycles. The largest absolute Gasteiger partial charge is 0.398 e. The van der Waals surface area contributed by atoms with Gasteiger partial charge in [0.2, 0.25) is 5.91 Å². The van der Waals surface area contributed by atoms with Gasteiger partial charge in [-0.25, -0.2) is 4.98 Å². The van der Waals surface area contributed by atoms with Gasteiger partial charge >= 0.3 is 0 Å². The minimum absolute atomic E-state index is 0.111. The van der Waals surface area contributed by atoms with E-state index in [1.807, 2.05) is 19.1 Å². The third-order valence-electron chi connectivity index (χ3n) is 2.30. The van der Waals surface area contributed by atoms with E-state index in [1.165, 1.54) is 18.1 Å². The molecule has 1 heterocycles. The number of thioether (sulfide) groups is 1. The molecule has 0 bridgehead atoms. The number of benzene rings is 1. The lowest BCUT2D eigenvalue weighted by Gasteiger charge is -2.06. The van der Waals surface area contributed by atoms with Crippen LogP contribution in [-0.4, -0.2) is 26.8 Å². The third kappa shape index (κ3) is 3.24. The van der Waals surface area contributed by atoms with Gasteiger partial charge < -0.3 is 11.1 Å². The molecule has 0 aliphatic rings. The first-order valence-electron chi connectivity index (χ1n) is 5.29. The Kier molecular flexibility index (Phi) is 3.83. The molecule has 1 aromatic heterocycles. The van der Waals surface area contributed by atoms with E-state index in [2.05, 4.69) is 20.5 Å². The minimum Gasteiger partial charge on any atom is -0.398 e. The summed E-state index contributed by atoms with van der Waals surface area (Å²) in [5.74, 6) is 0.155. The highest BCUT2D eigenvalue weighted by atomic mass is 32.2. The van der Waals surface area contributed by atoms with E-state index in [-0.39, 0.29) is 11.7 Å². The number of rotatable bonds is 4. The first kappa shape index (κ1) is 12.4. The average molecular weight is 263 g/mol. The second-order valence-corrected chi connectivity index (χ2v) is 4.66. The normalized spacial score (nSPS) is 10.3. The molecule has 1 amide bonds. The van der Waals surface area contributed by atoms with Crippen LogP contribution in [0.1, 0.15) is 5.56 Å². The van der Waals surface area contributed by atoms with Gasteiger partial charge in [-0.05, 0) is 24.6 Å². The van der Waals surface area contributed by atoms with Gasteiger partial charge in [0, 0.05) is 11.4 Å². The van der Waals surface area contributed by atoms with E-state index < -0.39 is 0 Å². The number of nitrogens with zero attached hydrogens (tertiary/aromatic N) is 2. The number of amides is 1. The molecule has 0 fully saturated rings. The standard InChI is InChI=1S/C11H13N5OS/c1-7-2-3-8(4-9(7)12)15-10(17)5-18-11-13-6-14-16-11/h2-4,6H,5,12H2,1H3,(H,15,17)(H,13,14,16). The van der Waals surface area contributed by atoms with Crippen molar-refractivity contribution >= 4 is 29.0 Å². The Morgan fingerprint density at radius 3 is 3.06 bits per heavy atom. The Labute approximate surface area is 108 Å². The van der Waals surface area contributed by atoms with E-state index in [0.29, 0.717) is 16.5 Å². The predicted octanol–water partition coefficient (Wildman–Crippen LogP) is 1.43. The molecule has 94 valence electrons. The monoisotopic (exact) mass is 263 g/mol. The van der Waals surface area contributed by atoms with Crippen molar-refractivity contribution in [3.8, 4) is 0 Å². The number of H-pyrrole nitrogens is 1. The van der Waals surface area contributed by atoms with Crippen LogP contribution in [0.15, 0.2) is 29.7 Å². The Balaban J connectivity index is 1.88. The van der Waals surface area contributed by atoms with Gasteiger partial charge in [-0.3, -0.25) is 9.89 Å². The summed E-state index contributed by atoms with van der Waals surface area (Å²) in [6, 6.07) is 5.43. The molecule has 0 unspecified atom stereocenters. The molecule has 0 aliphatic heterocycles. The van der Waals surface area contributed by atoms with Gasteiger partial charge in [0.1, 0.15) is 6.33 Å². The van der Waals surface area contributed by atoms with Crippen LogP contribution < -0.4 is 11.1 Å². The van der Waals surface area contributed by atoms with Crippen molar-refractivity contribution in [1.29, 1.82) is 0 Å². The van der Waals surface area contributed by atoms with Gasteiger partial charge in [-0.2, -0.15) is 5.10 Å². The number of aromatic nitrogens is 3. The molecule has 1 aromatic carbocycles. The van der Waals surface area contributed by atoms with Gasteiger partial charge in [-0.1, -0.05) is 17.8 Å². The van der Waals surface area contributed by atoms with Crippen LogP contribution in [0.25, 0.3) is 0 Å². The molecule has 18 heavy (non-hydrogen) atoms. The predicted molar refractivity (Wildman–Crippen MR) is 71.3 cm³/mol. The van der Waals surface area contributed by atoms with Crippen molar-refractivity contribution in [3.63, 3.8) is 0 Å². The topological polar surface area (TPSA) is 96.7 Å². The Morgan fingerprint density at radius 2 is 2.39 bits per heavy atom. The highest BCUT2D eigenvalue weighted by molar-refractivity contribution is 7.99. The van der Waals surface area contributed by atoms with Crippen LogP contribution >= 0.6 is 11.8 Å². The summed E-state index contributed by atoms with van der Waals surface area (Å²) < 4.78 is 0. The lowest BCUT2D eigenvalue weighted by Crippen LogP contribution is -2.14. The summed E-state index contributed by atoms with van der Waals surface area (Å²) >= 11 is 1.29. The van der Waals surface area contributed by atoms with Crippen molar-refractivity contribution in [2.24, 2.45) is 0 Å². The second-order valence-electron chi connectivity index (χ2n) is 3.70. The van der Waals surface area contributed by atoms with E-state index >= 15 is 0 Å². The summed E-state index contributed by atoms with van der Waals surface area (Å²) in [5.41, 5.74) is 8.12. The number of aryl methyl sites for hydroxylation is 1. The van der Waals surface area contributed by atoms with Gasteiger partial charge in [0.05, 0.1) is 5.75 Å². The molecule has 0 saturated carbocycles. The summed E-state index contributed by atoms with van der Waals surface area (Å²) in [5, 5.41) is 9.76. The molecular formula is C11H13N5OS. The van der Waals surface area contributed by atoms with Crippen LogP contribution in [0.5, 0.6) is 0 Å². The summed E-state index contributed by atoms with van der Waals surface area (Å²) in [7, 11) is 0. The van der Waals surface area contributed by atoms with Crippen LogP contribution in [0.3, 0.4) is 0 Å². The highest BCUT2D eigenvalue weighted by Gasteiger charge is 2.05. The molecule has 7 heteroatoms. The first-order chi connectivity index (χ1) is 8.65. The number of carbonyl (C=O) groups excluding carboxylic acids is 1. The summed E-state index contributed by atoms with van der Waals surface area (Å²) in [6.45, 7) is 1.92. The Bertz CT molecular complexity index is 540. The average Bonchev–Trinajstić information content (AvgIpc) is 2.84. The SMILES string of the molecule is Cc1ccc(NC(=O)CSc2ncn[nH]2)cc1N. The number of hydrogen-bond donors (Lipinski definition) is 3. The number of hydrogen-bond acceptors (Lipinski definition) is 5. The van der Waals surface area contributed by atoms with E-state index in [4.69, 9.17) is 5.73 Å². The van der Waals surface area contributed by atoms with Crippen LogP contribution in [-0.2, 0) is 4.79 Å². The second kappa shape index (κ2) is 5.54. The number of nitrogen functional groups attached to an aromatic ring is 1. The fourth-order valence-corrected chi connectivity index (χ4v) is 1.89. The first-order valence-corrected chi connectivity index (χ1v) is 6.28. The van der Waals surface area contributed by atoms with Crippen molar-refractivity contribution in [3.05, 3.63) is 30.1 Å². The van der Waals surface area contributed by atoms with E-state index in [9.17, 15) is 4.79 Å². The molecule has 6 nitrogen and oxygen atoms in total. The maximum absolute atomic E-state index is 11.7. The van der Waals surface area contributed by atoms with Gasteiger partial charge in [0.15, 0.2) is 5.16 Å². The lowest BCUT2D eigenvalue weighted by molar-refractivity contribution is -0.113. The van der Waals surface area contributed by atoms with Crippen molar-refractivity contribution in [2.75, 3.05) is 16.8 Å². The fourth-order valence-electron chi connectivity index (χ4n) is 1.31. The number of carbonyl (C=O) groups is 1. The van der Waals surface area contributed by atoms with Crippen molar-refractivity contribution < 1.29 is 4.79 Å². The minimum atomic E-state index is -0.111. The smallest absolute Gasteiger partial charge is 0.234 e. The quantitative estimate of drug-likeness (QED) is 0.572. The number of anilines is 2. The summed E-state index contributed by atoms with van der Waals surface area (Å²) in [4.78, 5) is 15.6. The fraction of sp³-hybridized carbons (Fsp3) is 0.182. The summed E-state index contributed by atoms with van der Waals surface area (Å²) in [6.07, 6.45) is 1.40. The molecule has 0 saturated heterocycles. The van der Waals surface area contributed by atoms with Crippen LogP contribution in [0, 0.1) is 6.92 Å². The maximum atomic E-state index is 11.7. The van der Waals surface area contributed by atoms with Crippen molar-refractivity contribution in [1.82, 2.24) is 15.2 Å². The zero-order chi connectivity index (χ0) is 13.0. The van der Waals surface area contributed by atoms with E-state index in [1.54, 1.807) is 6.07 Å². The van der Waals surface area contributed by atoms with Gasteiger partial charge in [-0.15, -0.1) is 0 Å². The molecule has 0 spiro atoms. The molecule has 4 N–H and O–H groups in total. The van der Waals surface area contributed by atoms with Gasteiger partial charge in [0.25, 0.3) is 0 Å². The van der Waals surface area contributed by atoms with Crippen LogP contribution in [0.4, 0.5) is 11.4 Å². The Hall–Kier alpha value is -2.02. The molecule has 0 radical (unpaired) electrons. The van der Waals surface area contributed by atoms with Crippen LogP contribution in [0.2, 0.25) is 0 Å². The third-order valence-corrected chi connectivity index (χ3v) is 3.17. The number of nitrogens with one attached hydrogen (secondary N) is 2. The zero-order valence-electron chi connectivity index (χ0n) is 9.80. The highest BCUT2D eigenvalue weighted by Crippen LogP contribution is 2.17. The van der Waals surface area contributed by atoms with E-state index in [0.717, 1.165) is 5.56 Å². The molecule has 0 atom stereocenters. The zero-order valence-corrected chi connectivity index (χ0v) is 10.6. The Morgan fingerprint density at radius 1 is 1.56 bits per heavy atom. The number of nitrogens with two attached hydrogens (primary N) is 1. The molecular weight excluding hydrogens is 250 g/mol. The maximum Gasteiger partial charge on any atom is 0.234 e. The molecule has 2 rings (SSSR count). The molecule has 2 aromatic rings. The van der Waals surface area contributed by atoms with Crippen molar-refractivity contribution in [2.45, 2.75) is 12.1 Å². The lowest BCUT2D eigenvalue weighted by atomic mass is 10.2.